The van der Waals surface area contributed by atoms with E-state index >= 15 is 0 Å². The summed E-state index contributed by atoms with van der Waals surface area (Å²) in [5.41, 5.74) is 1.78. The third-order valence-corrected chi connectivity index (χ3v) is 6.24. The van der Waals surface area contributed by atoms with Crippen LogP contribution in [0.25, 0.3) is 10.2 Å². The quantitative estimate of drug-likeness (QED) is 0.622. The third kappa shape index (κ3) is 4.86. The van der Waals surface area contributed by atoms with E-state index < -0.39 is 6.04 Å². The van der Waals surface area contributed by atoms with Crippen LogP contribution in [0.2, 0.25) is 0 Å². The molecule has 1 aliphatic rings. The van der Waals surface area contributed by atoms with E-state index in [-0.39, 0.29) is 24.3 Å². The van der Waals surface area contributed by atoms with Gasteiger partial charge in [-0.05, 0) is 30.5 Å². The fourth-order valence-corrected chi connectivity index (χ4v) is 4.71. The molecule has 7 heteroatoms. The number of carbonyl (C=O) groups excluding carboxylic acids is 2. The van der Waals surface area contributed by atoms with Crippen molar-refractivity contribution in [2.24, 2.45) is 0 Å². The normalized spacial score (nSPS) is 17.0. The van der Waals surface area contributed by atoms with Gasteiger partial charge in [0, 0.05) is 13.5 Å². The summed E-state index contributed by atoms with van der Waals surface area (Å²) in [4.78, 5) is 31.7. The number of para-hydroxylation sites is 1. The van der Waals surface area contributed by atoms with E-state index in [0.717, 1.165) is 35.2 Å². The van der Waals surface area contributed by atoms with Crippen LogP contribution >= 0.6 is 11.3 Å². The van der Waals surface area contributed by atoms with E-state index in [1.54, 1.807) is 4.90 Å². The van der Waals surface area contributed by atoms with E-state index in [9.17, 15) is 9.59 Å². The second kappa shape index (κ2) is 9.36. The zero-order valence-corrected chi connectivity index (χ0v) is 17.7. The number of rotatable bonds is 7. The minimum atomic E-state index is -0.391. The first-order valence-corrected chi connectivity index (χ1v) is 11.0. The smallest absolute Gasteiger partial charge is 0.231 e. The fraction of sp³-hybridized carbons (Fsp3) is 0.348. The van der Waals surface area contributed by atoms with Crippen molar-refractivity contribution in [3.8, 4) is 0 Å². The van der Waals surface area contributed by atoms with Crippen LogP contribution in [0.4, 0.5) is 5.13 Å². The molecule has 156 valence electrons. The first kappa shape index (κ1) is 20.5. The Morgan fingerprint density at radius 3 is 2.67 bits per heavy atom. The van der Waals surface area contributed by atoms with Gasteiger partial charge in [0.05, 0.1) is 35.3 Å². The van der Waals surface area contributed by atoms with E-state index in [2.05, 4.69) is 5.32 Å². The molecule has 6 nitrogen and oxygen atoms in total. The topological polar surface area (TPSA) is 71.5 Å². The van der Waals surface area contributed by atoms with Gasteiger partial charge in [-0.2, -0.15) is 0 Å². The average Bonchev–Trinajstić information content (AvgIpc) is 3.41. The Balaban J connectivity index is 1.61. The molecular formula is C23H25N3O3S. The number of aromatic nitrogens is 1. The molecule has 1 saturated heterocycles. The van der Waals surface area contributed by atoms with Crippen molar-refractivity contribution in [3.05, 3.63) is 60.2 Å². The Morgan fingerprint density at radius 2 is 1.97 bits per heavy atom. The Labute approximate surface area is 179 Å². The maximum absolute atomic E-state index is 13.5. The summed E-state index contributed by atoms with van der Waals surface area (Å²) in [6.07, 6.45) is 2.11. The van der Waals surface area contributed by atoms with E-state index in [0.29, 0.717) is 11.7 Å². The predicted octanol–water partition coefficient (Wildman–Crippen LogP) is 4.08. The number of thiazole rings is 1. The van der Waals surface area contributed by atoms with Crippen LogP contribution < -0.4 is 10.2 Å². The number of benzene rings is 2. The molecule has 1 fully saturated rings. The van der Waals surface area contributed by atoms with Crippen LogP contribution in [0.3, 0.4) is 0 Å². The van der Waals surface area contributed by atoms with Crippen molar-refractivity contribution in [2.45, 2.75) is 38.3 Å². The summed E-state index contributed by atoms with van der Waals surface area (Å²) in [5.74, 6) is -0.241. The number of fused-ring (bicyclic) bond motifs is 1. The molecule has 0 aliphatic carbocycles. The molecule has 2 heterocycles. The van der Waals surface area contributed by atoms with Gasteiger partial charge in [0.25, 0.3) is 0 Å². The highest BCUT2D eigenvalue weighted by molar-refractivity contribution is 7.22. The molecule has 30 heavy (non-hydrogen) atoms. The molecule has 2 amide bonds. The molecule has 3 aromatic rings. The van der Waals surface area contributed by atoms with Gasteiger partial charge >= 0.3 is 0 Å². The van der Waals surface area contributed by atoms with Gasteiger partial charge < -0.3 is 10.1 Å². The number of amides is 2. The van der Waals surface area contributed by atoms with Crippen molar-refractivity contribution in [1.29, 1.82) is 0 Å². The van der Waals surface area contributed by atoms with Gasteiger partial charge in [-0.1, -0.05) is 53.8 Å². The SMILES string of the molecule is CC(=O)NC(CC(=O)N(CC1CCCO1)c1nc2ccccc2s1)c1ccccc1. The second-order valence-corrected chi connectivity index (χ2v) is 8.48. The largest absolute Gasteiger partial charge is 0.376 e. The van der Waals surface area contributed by atoms with Gasteiger partial charge in [-0.3, -0.25) is 14.5 Å². The minimum absolute atomic E-state index is 0.0110. The average molecular weight is 424 g/mol. The minimum Gasteiger partial charge on any atom is -0.376 e. The number of hydrogen-bond acceptors (Lipinski definition) is 5. The molecule has 4 rings (SSSR count). The van der Waals surface area contributed by atoms with E-state index in [1.807, 2.05) is 54.6 Å². The number of hydrogen-bond donors (Lipinski definition) is 1. The molecular weight excluding hydrogens is 398 g/mol. The van der Waals surface area contributed by atoms with E-state index in [1.165, 1.54) is 18.3 Å². The molecule has 1 aromatic heterocycles. The summed E-state index contributed by atoms with van der Waals surface area (Å²) >= 11 is 1.50. The van der Waals surface area contributed by atoms with Crippen molar-refractivity contribution in [1.82, 2.24) is 10.3 Å². The number of anilines is 1. The Hall–Kier alpha value is -2.77. The monoisotopic (exact) mass is 423 g/mol. The lowest BCUT2D eigenvalue weighted by Gasteiger charge is -2.26. The Kier molecular flexibility index (Phi) is 6.40. The van der Waals surface area contributed by atoms with Crippen molar-refractivity contribution in [3.63, 3.8) is 0 Å². The molecule has 0 saturated carbocycles. The van der Waals surface area contributed by atoms with Crippen molar-refractivity contribution < 1.29 is 14.3 Å². The third-order valence-electron chi connectivity index (χ3n) is 5.18. The fourth-order valence-electron chi connectivity index (χ4n) is 3.72. The molecule has 2 aromatic carbocycles. The number of nitrogens with zero attached hydrogens (tertiary/aromatic N) is 2. The van der Waals surface area contributed by atoms with Crippen molar-refractivity contribution in [2.75, 3.05) is 18.1 Å². The molecule has 2 atom stereocenters. The van der Waals surface area contributed by atoms with Gasteiger partial charge in [-0.15, -0.1) is 0 Å². The second-order valence-electron chi connectivity index (χ2n) is 7.47. The summed E-state index contributed by atoms with van der Waals surface area (Å²) in [6, 6.07) is 17.1. The lowest BCUT2D eigenvalue weighted by atomic mass is 10.0. The highest BCUT2D eigenvalue weighted by atomic mass is 32.1. The van der Waals surface area contributed by atoms with Crippen LogP contribution in [0, 0.1) is 0 Å². The van der Waals surface area contributed by atoms with Gasteiger partial charge in [0.1, 0.15) is 0 Å². The van der Waals surface area contributed by atoms with E-state index in [4.69, 9.17) is 9.72 Å². The summed E-state index contributed by atoms with van der Waals surface area (Å²) < 4.78 is 6.84. The molecule has 2 unspecified atom stereocenters. The first-order valence-electron chi connectivity index (χ1n) is 10.2. The van der Waals surface area contributed by atoms with Crippen LogP contribution in [0.1, 0.15) is 37.8 Å². The van der Waals surface area contributed by atoms with Crippen molar-refractivity contribution >= 4 is 38.5 Å². The first-order chi connectivity index (χ1) is 14.6. The molecule has 0 bridgehead atoms. The van der Waals surface area contributed by atoms with Crippen LogP contribution in [-0.2, 0) is 14.3 Å². The summed E-state index contributed by atoms with van der Waals surface area (Å²) in [7, 11) is 0. The van der Waals surface area contributed by atoms with Gasteiger partial charge in [-0.25, -0.2) is 4.98 Å². The standard InChI is InChI=1S/C23H25N3O3S/c1-16(27)24-20(17-8-3-2-4-9-17)14-22(28)26(15-18-10-7-13-29-18)23-25-19-11-5-6-12-21(19)30-23/h2-6,8-9,11-12,18,20H,7,10,13-15H2,1H3,(H,24,27). The summed E-state index contributed by atoms with van der Waals surface area (Å²) in [5, 5.41) is 3.59. The Morgan fingerprint density at radius 1 is 1.20 bits per heavy atom. The lowest BCUT2D eigenvalue weighted by molar-refractivity contribution is -0.121. The molecule has 1 N–H and O–H groups in total. The zero-order valence-electron chi connectivity index (χ0n) is 16.9. The zero-order chi connectivity index (χ0) is 20.9. The van der Waals surface area contributed by atoms with Crippen LogP contribution in [0.5, 0.6) is 0 Å². The van der Waals surface area contributed by atoms with Crippen LogP contribution in [-0.4, -0.2) is 36.1 Å². The highest BCUT2D eigenvalue weighted by Crippen LogP contribution is 2.31. The van der Waals surface area contributed by atoms with Gasteiger partial charge in [0.15, 0.2) is 5.13 Å². The molecule has 0 radical (unpaired) electrons. The Bertz CT molecular complexity index is 982. The number of carbonyl (C=O) groups is 2. The molecule has 0 spiro atoms. The number of ether oxygens (including phenoxy) is 1. The van der Waals surface area contributed by atoms with Gasteiger partial charge in [0.2, 0.25) is 11.8 Å². The maximum Gasteiger partial charge on any atom is 0.231 e. The highest BCUT2D eigenvalue weighted by Gasteiger charge is 2.28. The number of nitrogens with one attached hydrogen (secondary N) is 1. The predicted molar refractivity (Wildman–Crippen MR) is 119 cm³/mol. The molecule has 1 aliphatic heterocycles. The summed E-state index contributed by atoms with van der Waals surface area (Å²) in [6.45, 7) is 2.67. The lowest BCUT2D eigenvalue weighted by Crippen LogP contribution is -2.40. The van der Waals surface area contributed by atoms with Crippen LogP contribution in [0.15, 0.2) is 54.6 Å². The maximum atomic E-state index is 13.5.